The van der Waals surface area contributed by atoms with E-state index in [0.29, 0.717) is 30.5 Å². The number of likely N-dealkylation sites (N-methyl/N-ethyl adjacent to an activating group) is 1. The van der Waals surface area contributed by atoms with Gasteiger partial charge in [0.1, 0.15) is 5.82 Å². The molecule has 1 unspecified atom stereocenters. The highest BCUT2D eigenvalue weighted by atomic mass is 127. The zero-order chi connectivity index (χ0) is 20.5. The molecule has 6 nitrogen and oxygen atoms in total. The van der Waals surface area contributed by atoms with Crippen molar-refractivity contribution in [2.24, 2.45) is 4.99 Å². The SMILES string of the molecule is CN=C(NCc1ccc(OC)c(OC)c1)NCC(c1cccc(F)c1)N(C)C.I. The van der Waals surface area contributed by atoms with Gasteiger partial charge in [-0.25, -0.2) is 4.39 Å². The molecule has 0 aliphatic rings. The van der Waals surface area contributed by atoms with Gasteiger partial charge in [-0.2, -0.15) is 0 Å². The van der Waals surface area contributed by atoms with Gasteiger partial charge in [0.15, 0.2) is 17.5 Å². The molecule has 2 rings (SSSR count). The molecule has 0 saturated carbocycles. The minimum absolute atomic E-state index is 0. The highest BCUT2D eigenvalue weighted by Crippen LogP contribution is 2.27. The molecule has 0 radical (unpaired) electrons. The first-order valence-electron chi connectivity index (χ1n) is 9.05. The minimum atomic E-state index is -0.236. The quantitative estimate of drug-likeness (QED) is 0.320. The molecule has 160 valence electrons. The van der Waals surface area contributed by atoms with E-state index in [2.05, 4.69) is 15.6 Å². The van der Waals surface area contributed by atoms with Crippen LogP contribution in [0.4, 0.5) is 4.39 Å². The maximum Gasteiger partial charge on any atom is 0.191 e. The normalized spacial score (nSPS) is 12.2. The van der Waals surface area contributed by atoms with Crippen LogP contribution in [0.15, 0.2) is 47.5 Å². The lowest BCUT2D eigenvalue weighted by Crippen LogP contribution is -2.41. The van der Waals surface area contributed by atoms with Crippen molar-refractivity contribution < 1.29 is 13.9 Å². The number of methoxy groups -OCH3 is 2. The van der Waals surface area contributed by atoms with Gasteiger partial charge >= 0.3 is 0 Å². The molecule has 8 heteroatoms. The van der Waals surface area contributed by atoms with Crippen LogP contribution in [0.3, 0.4) is 0 Å². The number of ether oxygens (including phenoxy) is 2. The van der Waals surface area contributed by atoms with E-state index in [-0.39, 0.29) is 35.8 Å². The van der Waals surface area contributed by atoms with Crippen LogP contribution in [0, 0.1) is 5.82 Å². The summed E-state index contributed by atoms with van der Waals surface area (Å²) in [6.07, 6.45) is 0. The molecular formula is C21H30FIN4O2. The Morgan fingerprint density at radius 3 is 2.38 bits per heavy atom. The molecule has 29 heavy (non-hydrogen) atoms. The lowest BCUT2D eigenvalue weighted by atomic mass is 10.1. The number of benzene rings is 2. The average Bonchev–Trinajstić information content (AvgIpc) is 2.70. The molecule has 0 amide bonds. The first kappa shape index (κ1) is 25.0. The van der Waals surface area contributed by atoms with Crippen molar-refractivity contribution in [1.82, 2.24) is 15.5 Å². The van der Waals surface area contributed by atoms with E-state index in [0.717, 1.165) is 11.1 Å². The lowest BCUT2D eigenvalue weighted by molar-refractivity contribution is 0.297. The molecule has 0 heterocycles. The maximum atomic E-state index is 13.6. The van der Waals surface area contributed by atoms with E-state index >= 15 is 0 Å². The highest BCUT2D eigenvalue weighted by molar-refractivity contribution is 14.0. The second-order valence-electron chi connectivity index (χ2n) is 6.53. The van der Waals surface area contributed by atoms with Crippen LogP contribution in [0.5, 0.6) is 11.5 Å². The van der Waals surface area contributed by atoms with Crippen molar-refractivity contribution in [2.45, 2.75) is 12.6 Å². The molecule has 0 saturated heterocycles. The van der Waals surface area contributed by atoms with Crippen LogP contribution in [0.25, 0.3) is 0 Å². The highest BCUT2D eigenvalue weighted by Gasteiger charge is 2.15. The summed E-state index contributed by atoms with van der Waals surface area (Å²) in [4.78, 5) is 6.31. The Labute approximate surface area is 189 Å². The molecule has 2 aromatic rings. The van der Waals surface area contributed by atoms with Crippen molar-refractivity contribution in [1.29, 1.82) is 0 Å². The summed E-state index contributed by atoms with van der Waals surface area (Å²) in [5.74, 6) is 1.81. The van der Waals surface area contributed by atoms with Crippen LogP contribution in [0.1, 0.15) is 17.2 Å². The Hall–Kier alpha value is -2.07. The fourth-order valence-electron chi connectivity index (χ4n) is 2.90. The average molecular weight is 516 g/mol. The molecule has 0 spiro atoms. The van der Waals surface area contributed by atoms with E-state index in [1.165, 1.54) is 6.07 Å². The maximum absolute atomic E-state index is 13.6. The number of aliphatic imine (C=N–C) groups is 1. The summed E-state index contributed by atoms with van der Waals surface area (Å²) in [6, 6.07) is 12.4. The van der Waals surface area contributed by atoms with E-state index in [1.54, 1.807) is 33.4 Å². The largest absolute Gasteiger partial charge is 0.493 e. The summed E-state index contributed by atoms with van der Waals surface area (Å²) >= 11 is 0. The van der Waals surface area contributed by atoms with Gasteiger partial charge in [0.2, 0.25) is 0 Å². The first-order valence-corrected chi connectivity index (χ1v) is 9.05. The van der Waals surface area contributed by atoms with Crippen molar-refractivity contribution in [3.63, 3.8) is 0 Å². The molecular weight excluding hydrogens is 486 g/mol. The number of hydrogen-bond acceptors (Lipinski definition) is 4. The monoisotopic (exact) mass is 516 g/mol. The van der Waals surface area contributed by atoms with Crippen molar-refractivity contribution in [3.05, 3.63) is 59.4 Å². The summed E-state index contributed by atoms with van der Waals surface area (Å²) in [5, 5.41) is 6.59. The standard InChI is InChI=1S/C21H29FN4O2.HI/c1-23-21(24-13-15-9-10-19(27-4)20(11-15)28-5)25-14-18(26(2)3)16-7-6-8-17(22)12-16;/h6-12,18H,13-14H2,1-5H3,(H2,23,24,25);1H. The van der Waals surface area contributed by atoms with Crippen molar-refractivity contribution in [2.75, 3.05) is 41.9 Å². The molecule has 0 bridgehead atoms. The number of guanidine groups is 1. The number of nitrogens with one attached hydrogen (secondary N) is 2. The molecule has 0 aromatic heterocycles. The second kappa shape index (κ2) is 12.5. The first-order chi connectivity index (χ1) is 13.5. The van der Waals surface area contributed by atoms with Gasteiger partial charge in [0, 0.05) is 20.1 Å². The van der Waals surface area contributed by atoms with E-state index in [1.807, 2.05) is 43.3 Å². The molecule has 0 fully saturated rings. The number of halogens is 2. The van der Waals surface area contributed by atoms with Crippen LogP contribution in [-0.4, -0.2) is 52.8 Å². The summed E-state index contributed by atoms with van der Waals surface area (Å²) in [7, 11) is 8.88. The van der Waals surface area contributed by atoms with Crippen molar-refractivity contribution in [3.8, 4) is 11.5 Å². The second-order valence-corrected chi connectivity index (χ2v) is 6.53. The van der Waals surface area contributed by atoms with Gasteiger partial charge in [-0.1, -0.05) is 18.2 Å². The minimum Gasteiger partial charge on any atom is -0.493 e. The van der Waals surface area contributed by atoms with Gasteiger partial charge in [-0.15, -0.1) is 24.0 Å². The zero-order valence-electron chi connectivity index (χ0n) is 17.5. The summed E-state index contributed by atoms with van der Waals surface area (Å²) in [6.45, 7) is 1.16. The number of hydrogen-bond donors (Lipinski definition) is 2. The fraction of sp³-hybridized carbons (Fsp3) is 0.381. The van der Waals surface area contributed by atoms with Crippen LogP contribution < -0.4 is 20.1 Å². The Balaban J connectivity index is 0.00000420. The van der Waals surface area contributed by atoms with Crippen LogP contribution in [0.2, 0.25) is 0 Å². The van der Waals surface area contributed by atoms with Gasteiger partial charge in [-0.3, -0.25) is 4.99 Å². The van der Waals surface area contributed by atoms with E-state index < -0.39 is 0 Å². The topological polar surface area (TPSA) is 58.1 Å². The lowest BCUT2D eigenvalue weighted by Gasteiger charge is -2.26. The molecule has 0 aliphatic carbocycles. The molecule has 2 N–H and O–H groups in total. The van der Waals surface area contributed by atoms with Gasteiger partial charge < -0.3 is 25.0 Å². The third-order valence-corrected chi connectivity index (χ3v) is 4.45. The third-order valence-electron chi connectivity index (χ3n) is 4.45. The van der Waals surface area contributed by atoms with Crippen molar-refractivity contribution >= 4 is 29.9 Å². The Morgan fingerprint density at radius 1 is 1.07 bits per heavy atom. The number of rotatable bonds is 8. The smallest absolute Gasteiger partial charge is 0.191 e. The Morgan fingerprint density at radius 2 is 1.79 bits per heavy atom. The van der Waals surface area contributed by atoms with Crippen LogP contribution >= 0.6 is 24.0 Å². The molecule has 0 aliphatic heterocycles. The zero-order valence-corrected chi connectivity index (χ0v) is 19.9. The Bertz CT molecular complexity index is 802. The predicted molar refractivity (Wildman–Crippen MR) is 126 cm³/mol. The molecule has 1 atom stereocenters. The van der Waals surface area contributed by atoms with Gasteiger partial charge in [0.05, 0.1) is 20.3 Å². The van der Waals surface area contributed by atoms with Crippen LogP contribution in [-0.2, 0) is 6.54 Å². The van der Waals surface area contributed by atoms with E-state index in [9.17, 15) is 4.39 Å². The fourth-order valence-corrected chi connectivity index (χ4v) is 2.90. The van der Waals surface area contributed by atoms with Gasteiger partial charge in [0.25, 0.3) is 0 Å². The number of nitrogens with zero attached hydrogens (tertiary/aromatic N) is 2. The predicted octanol–water partition coefficient (Wildman–Crippen LogP) is 3.43. The van der Waals surface area contributed by atoms with Gasteiger partial charge in [-0.05, 0) is 49.5 Å². The summed E-state index contributed by atoms with van der Waals surface area (Å²) < 4.78 is 24.2. The summed E-state index contributed by atoms with van der Waals surface area (Å²) in [5.41, 5.74) is 1.95. The van der Waals surface area contributed by atoms with E-state index in [4.69, 9.17) is 9.47 Å². The Kier molecular flexibility index (Phi) is 10.7. The third kappa shape index (κ3) is 7.36. The molecule has 2 aromatic carbocycles.